The summed E-state index contributed by atoms with van der Waals surface area (Å²) in [6.07, 6.45) is 3.81. The highest BCUT2D eigenvalue weighted by atomic mass is 16.5. The van der Waals surface area contributed by atoms with Gasteiger partial charge in [-0.05, 0) is 24.6 Å². The summed E-state index contributed by atoms with van der Waals surface area (Å²) in [5.41, 5.74) is 1.36. The first-order valence-corrected chi connectivity index (χ1v) is 12.6. The average molecular weight is 510 g/mol. The number of ether oxygens (including phenoxy) is 3. The maximum Gasteiger partial charge on any atom is 0.329 e. The first-order valence-electron chi connectivity index (χ1n) is 12.6. The van der Waals surface area contributed by atoms with Crippen molar-refractivity contribution < 1.29 is 28.6 Å². The van der Waals surface area contributed by atoms with Crippen LogP contribution in [0.3, 0.4) is 0 Å². The Morgan fingerprint density at radius 1 is 0.921 bits per heavy atom. The summed E-state index contributed by atoms with van der Waals surface area (Å²) in [5, 5.41) is 0. The Bertz CT molecular complexity index is 1470. The lowest BCUT2D eigenvalue weighted by Crippen LogP contribution is -2.48. The lowest BCUT2D eigenvalue weighted by atomic mass is 9.64. The molecular weight excluding hydrogens is 482 g/mol. The second kappa shape index (κ2) is 8.87. The lowest BCUT2D eigenvalue weighted by Gasteiger charge is -2.36. The Balaban J connectivity index is 1.69. The van der Waals surface area contributed by atoms with E-state index in [1.54, 1.807) is 56.5 Å². The van der Waals surface area contributed by atoms with Crippen molar-refractivity contribution in [3.63, 3.8) is 0 Å². The molecule has 2 aliphatic heterocycles. The van der Waals surface area contributed by atoms with E-state index in [4.69, 9.17) is 14.2 Å². The van der Waals surface area contributed by atoms with E-state index >= 15 is 0 Å². The predicted octanol–water partition coefficient (Wildman–Crippen LogP) is 4.70. The number of benzene rings is 3. The van der Waals surface area contributed by atoms with Crippen LogP contribution < -0.4 is 14.4 Å². The number of carbonyl (C=O) groups is 3. The molecule has 1 fully saturated rings. The van der Waals surface area contributed by atoms with Crippen molar-refractivity contribution in [3.05, 3.63) is 95.1 Å². The Labute approximate surface area is 220 Å². The van der Waals surface area contributed by atoms with Gasteiger partial charge in [0.1, 0.15) is 23.0 Å². The number of carbonyl (C=O) groups excluding carboxylic acids is 3. The van der Waals surface area contributed by atoms with Crippen LogP contribution in [0.4, 0.5) is 5.69 Å². The zero-order chi connectivity index (χ0) is 26.6. The third-order valence-corrected chi connectivity index (χ3v) is 8.02. The standard InChI is InChI=1S/C31H27NO6/c1-4-38-30(35)27-26(22-15-14-19(36-2)17-24(22)37-3)31(28(33)20-10-6-7-11-21(20)29(31)34)25-16-13-18-9-5-8-12-23(18)32(25)27/h5-17,25-27H,4H2,1-3H3/t25-,26-,27+/m1/s1. The lowest BCUT2D eigenvalue weighted by molar-refractivity contribution is -0.145. The molecule has 0 radical (unpaired) electrons. The number of ketones is 2. The van der Waals surface area contributed by atoms with Crippen molar-refractivity contribution in [2.75, 3.05) is 25.7 Å². The van der Waals surface area contributed by atoms with Crippen LogP contribution >= 0.6 is 0 Å². The fraction of sp³-hybridized carbons (Fsp3) is 0.258. The summed E-state index contributed by atoms with van der Waals surface area (Å²) < 4.78 is 16.8. The van der Waals surface area contributed by atoms with E-state index in [2.05, 4.69) is 0 Å². The van der Waals surface area contributed by atoms with Gasteiger partial charge in [-0.3, -0.25) is 9.59 Å². The number of hydrogen-bond acceptors (Lipinski definition) is 7. The van der Waals surface area contributed by atoms with Crippen LogP contribution in [0.1, 0.15) is 44.7 Å². The molecule has 3 aliphatic rings. The minimum absolute atomic E-state index is 0.160. The van der Waals surface area contributed by atoms with Crippen LogP contribution in [0.2, 0.25) is 0 Å². The van der Waals surface area contributed by atoms with E-state index in [9.17, 15) is 14.4 Å². The van der Waals surface area contributed by atoms with Gasteiger partial charge < -0.3 is 19.1 Å². The highest BCUT2D eigenvalue weighted by molar-refractivity contribution is 6.32. The van der Waals surface area contributed by atoms with Gasteiger partial charge in [-0.1, -0.05) is 60.7 Å². The molecule has 6 rings (SSSR count). The van der Waals surface area contributed by atoms with Crippen LogP contribution in [-0.4, -0.2) is 50.4 Å². The number of nitrogens with zero attached hydrogens (tertiary/aromatic N) is 1. The maximum atomic E-state index is 14.5. The highest BCUT2D eigenvalue weighted by Crippen LogP contribution is 2.61. The zero-order valence-electron chi connectivity index (χ0n) is 21.3. The second-order valence-electron chi connectivity index (χ2n) is 9.63. The van der Waals surface area contributed by atoms with E-state index in [1.807, 2.05) is 41.3 Å². The van der Waals surface area contributed by atoms with E-state index in [1.165, 1.54) is 7.11 Å². The van der Waals surface area contributed by atoms with E-state index in [-0.39, 0.29) is 18.2 Å². The number of Topliss-reactive ketones (excluding diaryl/α,β-unsaturated/α-hetero) is 2. The van der Waals surface area contributed by atoms with Gasteiger partial charge in [-0.25, -0.2) is 4.79 Å². The third kappa shape index (κ3) is 3.05. The van der Waals surface area contributed by atoms with Crippen LogP contribution in [0.5, 0.6) is 11.5 Å². The Morgan fingerprint density at radius 3 is 2.26 bits per heavy atom. The molecule has 7 nitrogen and oxygen atoms in total. The molecule has 0 saturated carbocycles. The number of anilines is 1. The molecule has 0 bridgehead atoms. The number of rotatable bonds is 5. The molecule has 0 unspecified atom stereocenters. The molecule has 38 heavy (non-hydrogen) atoms. The van der Waals surface area contributed by atoms with E-state index in [0.29, 0.717) is 28.2 Å². The molecule has 3 atom stereocenters. The monoisotopic (exact) mass is 509 g/mol. The predicted molar refractivity (Wildman–Crippen MR) is 142 cm³/mol. The van der Waals surface area contributed by atoms with Crippen molar-refractivity contribution in [1.82, 2.24) is 0 Å². The Morgan fingerprint density at radius 2 is 1.61 bits per heavy atom. The molecule has 192 valence electrons. The van der Waals surface area contributed by atoms with E-state index < -0.39 is 29.4 Å². The van der Waals surface area contributed by atoms with Gasteiger partial charge in [0.25, 0.3) is 0 Å². The summed E-state index contributed by atoms with van der Waals surface area (Å²) in [4.78, 5) is 44.8. The van der Waals surface area contributed by atoms with E-state index in [0.717, 1.165) is 11.3 Å². The highest BCUT2D eigenvalue weighted by Gasteiger charge is 2.72. The average Bonchev–Trinajstić information content (AvgIpc) is 3.39. The van der Waals surface area contributed by atoms with Crippen molar-refractivity contribution in [2.45, 2.75) is 24.9 Å². The first-order chi connectivity index (χ1) is 18.5. The summed E-state index contributed by atoms with van der Waals surface area (Å²) in [6.45, 7) is 1.90. The molecule has 0 amide bonds. The number of hydrogen-bond donors (Lipinski definition) is 0. The third-order valence-electron chi connectivity index (χ3n) is 8.02. The van der Waals surface area contributed by atoms with Crippen molar-refractivity contribution in [3.8, 4) is 11.5 Å². The summed E-state index contributed by atoms with van der Waals surface area (Å²) in [6, 6.07) is 18.1. The van der Waals surface area contributed by atoms with Gasteiger partial charge >= 0.3 is 5.97 Å². The topological polar surface area (TPSA) is 82.1 Å². The molecule has 7 heteroatoms. The number of fused-ring (bicyclic) bond motifs is 5. The quantitative estimate of drug-likeness (QED) is 0.364. The molecule has 3 aromatic carbocycles. The van der Waals surface area contributed by atoms with Gasteiger partial charge in [0.05, 0.1) is 26.9 Å². The number of methoxy groups -OCH3 is 2. The molecule has 2 heterocycles. The van der Waals surface area contributed by atoms with Gasteiger partial charge in [0.15, 0.2) is 11.6 Å². The Kier molecular flexibility index (Phi) is 5.60. The Hall–Kier alpha value is -4.39. The van der Waals surface area contributed by atoms with Crippen LogP contribution in [-0.2, 0) is 9.53 Å². The normalized spacial score (nSPS) is 22.2. The first kappa shape index (κ1) is 24.0. The SMILES string of the molecule is CCOC(=O)[C@@H]1[C@@H](c2ccc(OC)cc2OC)C2(C(=O)c3ccccc3C2=O)[C@H]2C=Cc3ccccc3N12. The van der Waals surface area contributed by atoms with Gasteiger partial charge in [-0.15, -0.1) is 0 Å². The summed E-state index contributed by atoms with van der Waals surface area (Å²) in [5.74, 6) is -1.01. The van der Waals surface area contributed by atoms with Gasteiger partial charge in [0.2, 0.25) is 0 Å². The summed E-state index contributed by atoms with van der Waals surface area (Å²) >= 11 is 0. The fourth-order valence-electron chi connectivity index (χ4n) is 6.54. The minimum Gasteiger partial charge on any atom is -0.497 e. The smallest absolute Gasteiger partial charge is 0.329 e. The van der Waals surface area contributed by atoms with Crippen molar-refractivity contribution >= 4 is 29.3 Å². The summed E-state index contributed by atoms with van der Waals surface area (Å²) in [7, 11) is 3.07. The van der Waals surface area contributed by atoms with Gasteiger partial charge in [-0.2, -0.15) is 0 Å². The fourth-order valence-corrected chi connectivity index (χ4v) is 6.54. The zero-order valence-corrected chi connectivity index (χ0v) is 21.3. The molecular formula is C31H27NO6. The molecule has 1 aliphatic carbocycles. The molecule has 0 aromatic heterocycles. The number of para-hydroxylation sites is 1. The van der Waals surface area contributed by atoms with Gasteiger partial charge in [0, 0.05) is 34.4 Å². The van der Waals surface area contributed by atoms with Crippen LogP contribution in [0.15, 0.2) is 72.8 Å². The maximum absolute atomic E-state index is 14.5. The molecule has 1 saturated heterocycles. The van der Waals surface area contributed by atoms with Crippen LogP contribution in [0.25, 0.3) is 6.08 Å². The number of esters is 1. The van der Waals surface area contributed by atoms with Crippen molar-refractivity contribution in [2.24, 2.45) is 5.41 Å². The molecule has 1 spiro atoms. The largest absolute Gasteiger partial charge is 0.497 e. The van der Waals surface area contributed by atoms with Crippen LogP contribution in [0, 0.1) is 5.41 Å². The molecule has 0 N–H and O–H groups in total. The molecule has 3 aromatic rings. The van der Waals surface area contributed by atoms with Crippen molar-refractivity contribution in [1.29, 1.82) is 0 Å². The second-order valence-corrected chi connectivity index (χ2v) is 9.63. The minimum atomic E-state index is -1.60.